The number of aromatic hydroxyl groups is 1. The molecular formula is C16H18N4O. The van der Waals surface area contributed by atoms with Crippen molar-refractivity contribution in [3.8, 4) is 5.75 Å². The molecule has 0 unspecified atom stereocenters. The van der Waals surface area contributed by atoms with Crippen LogP contribution in [0.4, 0.5) is 11.5 Å². The molecule has 21 heavy (non-hydrogen) atoms. The number of hydrogen-bond acceptors (Lipinski definition) is 4. The van der Waals surface area contributed by atoms with Gasteiger partial charge in [0.05, 0.1) is 0 Å². The highest BCUT2D eigenvalue weighted by Gasteiger charge is 2.12. The number of phenolic OH excluding ortho intramolecular Hbond substituents is 1. The van der Waals surface area contributed by atoms with E-state index >= 15 is 0 Å². The number of benzene rings is 1. The molecule has 3 aromatic rings. The molecule has 0 fully saturated rings. The summed E-state index contributed by atoms with van der Waals surface area (Å²) in [7, 11) is 0. The van der Waals surface area contributed by atoms with Crippen LogP contribution in [0.1, 0.15) is 23.6 Å². The molecule has 5 heteroatoms. The lowest BCUT2D eigenvalue weighted by molar-refractivity contribution is 0.471. The molecule has 0 bridgehead atoms. The van der Waals surface area contributed by atoms with Gasteiger partial charge in [-0.3, -0.25) is 0 Å². The Morgan fingerprint density at radius 2 is 2.10 bits per heavy atom. The standard InChI is InChI=1S/C16H18N4O/c1-4-12-8-20-15(11(12)3)16(17-9-18-20)19-13-6-5-10(2)14(21)7-13/h5-9,21H,4H2,1-3H3,(H,17,18,19). The first-order valence-corrected chi connectivity index (χ1v) is 6.98. The van der Waals surface area contributed by atoms with Gasteiger partial charge in [0.2, 0.25) is 0 Å². The van der Waals surface area contributed by atoms with Gasteiger partial charge in [-0.1, -0.05) is 13.0 Å². The van der Waals surface area contributed by atoms with Crippen LogP contribution < -0.4 is 5.32 Å². The minimum absolute atomic E-state index is 0.270. The maximum atomic E-state index is 9.81. The number of hydrogen-bond donors (Lipinski definition) is 2. The van der Waals surface area contributed by atoms with Crippen molar-refractivity contribution in [1.29, 1.82) is 0 Å². The van der Waals surface area contributed by atoms with Crippen LogP contribution in [0.5, 0.6) is 5.75 Å². The number of anilines is 2. The van der Waals surface area contributed by atoms with Gasteiger partial charge in [0.1, 0.15) is 17.6 Å². The van der Waals surface area contributed by atoms with Crippen molar-refractivity contribution in [2.75, 3.05) is 5.32 Å². The molecule has 0 spiro atoms. The van der Waals surface area contributed by atoms with Gasteiger partial charge in [0.25, 0.3) is 0 Å². The number of aromatic nitrogens is 3. The van der Waals surface area contributed by atoms with Crippen LogP contribution in [0.3, 0.4) is 0 Å². The minimum atomic E-state index is 0.270. The highest BCUT2D eigenvalue weighted by molar-refractivity contribution is 5.77. The van der Waals surface area contributed by atoms with E-state index in [4.69, 9.17) is 0 Å². The molecule has 2 aromatic heterocycles. The third-order valence-corrected chi connectivity index (χ3v) is 3.78. The molecule has 0 aliphatic carbocycles. The van der Waals surface area contributed by atoms with Crippen LogP contribution in [0.2, 0.25) is 0 Å². The van der Waals surface area contributed by atoms with Crippen LogP contribution in [-0.2, 0) is 6.42 Å². The normalized spacial score (nSPS) is 11.0. The second-order valence-electron chi connectivity index (χ2n) is 5.16. The number of fused-ring (bicyclic) bond motifs is 1. The van der Waals surface area contributed by atoms with E-state index in [2.05, 4.69) is 29.2 Å². The number of aryl methyl sites for hydroxylation is 3. The quantitative estimate of drug-likeness (QED) is 0.773. The van der Waals surface area contributed by atoms with Crippen molar-refractivity contribution in [1.82, 2.24) is 14.6 Å². The third kappa shape index (κ3) is 2.31. The molecule has 2 heterocycles. The van der Waals surface area contributed by atoms with Crippen LogP contribution in [-0.4, -0.2) is 19.7 Å². The summed E-state index contributed by atoms with van der Waals surface area (Å²) < 4.78 is 1.84. The predicted octanol–water partition coefficient (Wildman–Crippen LogP) is 3.36. The van der Waals surface area contributed by atoms with Crippen LogP contribution in [0, 0.1) is 13.8 Å². The van der Waals surface area contributed by atoms with Gasteiger partial charge < -0.3 is 10.4 Å². The van der Waals surface area contributed by atoms with E-state index in [1.165, 1.54) is 17.5 Å². The smallest absolute Gasteiger partial charge is 0.158 e. The highest BCUT2D eigenvalue weighted by atomic mass is 16.3. The van der Waals surface area contributed by atoms with Gasteiger partial charge in [0.15, 0.2) is 5.82 Å². The molecule has 2 N–H and O–H groups in total. The molecule has 1 aromatic carbocycles. The van der Waals surface area contributed by atoms with Gasteiger partial charge in [-0.15, -0.1) is 0 Å². The molecular weight excluding hydrogens is 264 g/mol. The fraction of sp³-hybridized carbons (Fsp3) is 0.250. The topological polar surface area (TPSA) is 62.5 Å². The van der Waals surface area contributed by atoms with Gasteiger partial charge in [0, 0.05) is 18.0 Å². The van der Waals surface area contributed by atoms with E-state index < -0.39 is 0 Å². The van der Waals surface area contributed by atoms with Crippen LogP contribution in [0.15, 0.2) is 30.7 Å². The summed E-state index contributed by atoms with van der Waals surface area (Å²) in [4.78, 5) is 4.34. The highest BCUT2D eigenvalue weighted by Crippen LogP contribution is 2.27. The number of phenols is 1. The minimum Gasteiger partial charge on any atom is -0.508 e. The summed E-state index contributed by atoms with van der Waals surface area (Å²) in [6.07, 6.45) is 4.52. The van der Waals surface area contributed by atoms with Crippen molar-refractivity contribution in [2.45, 2.75) is 27.2 Å². The van der Waals surface area contributed by atoms with Crippen molar-refractivity contribution in [3.05, 3.63) is 47.4 Å². The average Bonchev–Trinajstić information content (AvgIpc) is 2.80. The molecule has 5 nitrogen and oxygen atoms in total. The predicted molar refractivity (Wildman–Crippen MR) is 83.2 cm³/mol. The summed E-state index contributed by atoms with van der Waals surface area (Å²) in [6.45, 7) is 6.07. The number of nitrogens with zero attached hydrogens (tertiary/aromatic N) is 3. The maximum absolute atomic E-state index is 9.81. The van der Waals surface area contributed by atoms with Crippen LogP contribution >= 0.6 is 0 Å². The summed E-state index contributed by atoms with van der Waals surface area (Å²) in [5.74, 6) is 1.01. The van der Waals surface area contributed by atoms with E-state index in [0.717, 1.165) is 29.0 Å². The summed E-state index contributed by atoms with van der Waals surface area (Å²) >= 11 is 0. The SMILES string of the molecule is CCc1cn2ncnc(Nc3ccc(C)c(O)c3)c2c1C. The molecule has 108 valence electrons. The Labute approximate surface area is 123 Å². The van der Waals surface area contributed by atoms with Gasteiger partial charge in [-0.2, -0.15) is 5.10 Å². The first-order chi connectivity index (χ1) is 10.1. The number of nitrogens with one attached hydrogen (secondary N) is 1. The van der Waals surface area contributed by atoms with E-state index in [9.17, 15) is 5.11 Å². The van der Waals surface area contributed by atoms with Crippen molar-refractivity contribution in [2.24, 2.45) is 0 Å². The molecule has 0 aliphatic heterocycles. The molecule has 0 atom stereocenters. The second kappa shape index (κ2) is 5.09. The van der Waals surface area contributed by atoms with Gasteiger partial charge >= 0.3 is 0 Å². The Morgan fingerprint density at radius 1 is 1.29 bits per heavy atom. The first kappa shape index (κ1) is 13.4. The third-order valence-electron chi connectivity index (χ3n) is 3.78. The Kier molecular flexibility index (Phi) is 3.25. The molecule has 0 radical (unpaired) electrons. The van der Waals surface area contributed by atoms with E-state index in [0.29, 0.717) is 0 Å². The monoisotopic (exact) mass is 282 g/mol. The Bertz CT molecular complexity index is 807. The van der Waals surface area contributed by atoms with Crippen molar-refractivity contribution < 1.29 is 5.11 Å². The largest absolute Gasteiger partial charge is 0.508 e. The van der Waals surface area contributed by atoms with Crippen molar-refractivity contribution >= 4 is 17.0 Å². The first-order valence-electron chi connectivity index (χ1n) is 6.98. The lowest BCUT2D eigenvalue weighted by Gasteiger charge is -2.09. The average molecular weight is 282 g/mol. The van der Waals surface area contributed by atoms with E-state index in [1.807, 2.05) is 29.8 Å². The van der Waals surface area contributed by atoms with Gasteiger partial charge in [-0.05, 0) is 43.0 Å². The van der Waals surface area contributed by atoms with Gasteiger partial charge in [-0.25, -0.2) is 9.50 Å². The Balaban J connectivity index is 2.07. The summed E-state index contributed by atoms with van der Waals surface area (Å²) in [5, 5.41) is 17.3. The zero-order valence-corrected chi connectivity index (χ0v) is 12.4. The molecule has 3 rings (SSSR count). The maximum Gasteiger partial charge on any atom is 0.158 e. The fourth-order valence-corrected chi connectivity index (χ4v) is 2.48. The summed E-state index contributed by atoms with van der Waals surface area (Å²) in [5.41, 5.74) is 5.05. The lowest BCUT2D eigenvalue weighted by atomic mass is 10.1. The lowest BCUT2D eigenvalue weighted by Crippen LogP contribution is -2.00. The van der Waals surface area contributed by atoms with Crippen LogP contribution in [0.25, 0.3) is 5.52 Å². The second-order valence-corrected chi connectivity index (χ2v) is 5.16. The zero-order valence-electron chi connectivity index (χ0n) is 12.4. The Hall–Kier alpha value is -2.56. The molecule has 0 saturated carbocycles. The Morgan fingerprint density at radius 3 is 2.81 bits per heavy atom. The molecule has 0 saturated heterocycles. The number of rotatable bonds is 3. The molecule has 0 aliphatic rings. The zero-order chi connectivity index (χ0) is 15.0. The van der Waals surface area contributed by atoms with Crippen molar-refractivity contribution in [3.63, 3.8) is 0 Å². The molecule has 0 amide bonds. The summed E-state index contributed by atoms with van der Waals surface area (Å²) in [6, 6.07) is 5.50. The fourth-order valence-electron chi connectivity index (χ4n) is 2.48. The van der Waals surface area contributed by atoms with E-state index in [-0.39, 0.29) is 5.75 Å². The van der Waals surface area contributed by atoms with E-state index in [1.54, 1.807) is 6.07 Å².